The lowest BCUT2D eigenvalue weighted by atomic mass is 10.00. The Hall–Kier alpha value is -2.44. The largest absolute Gasteiger partial charge is 0.368 e. The summed E-state index contributed by atoms with van der Waals surface area (Å²) >= 11 is 0. The molecule has 1 atom stereocenters. The Morgan fingerprint density at radius 1 is 1.23 bits per heavy atom. The molecule has 1 aliphatic carbocycles. The van der Waals surface area contributed by atoms with Crippen molar-refractivity contribution in [3.8, 4) is 11.1 Å². The van der Waals surface area contributed by atoms with Gasteiger partial charge in [0.15, 0.2) is 0 Å². The number of carbonyl (C=O) groups excluding carboxylic acids is 1. The van der Waals surface area contributed by atoms with Gasteiger partial charge in [-0.15, -0.1) is 0 Å². The van der Waals surface area contributed by atoms with Crippen LogP contribution in [0.3, 0.4) is 0 Å². The van der Waals surface area contributed by atoms with Crippen molar-refractivity contribution in [2.24, 2.45) is 13.0 Å². The maximum Gasteiger partial charge on any atom is 0.223 e. The zero-order chi connectivity index (χ0) is 18.1. The van der Waals surface area contributed by atoms with E-state index >= 15 is 0 Å². The van der Waals surface area contributed by atoms with Gasteiger partial charge in [-0.25, -0.2) is 9.97 Å². The molecule has 1 saturated carbocycles. The van der Waals surface area contributed by atoms with E-state index < -0.39 is 0 Å². The summed E-state index contributed by atoms with van der Waals surface area (Å²) in [5.74, 6) is 1.06. The van der Waals surface area contributed by atoms with Crippen LogP contribution in [0.5, 0.6) is 0 Å². The van der Waals surface area contributed by atoms with Crippen molar-refractivity contribution < 1.29 is 4.79 Å². The minimum absolute atomic E-state index is 0.0237. The molecule has 2 N–H and O–H groups in total. The van der Waals surface area contributed by atoms with Crippen molar-refractivity contribution in [2.45, 2.75) is 51.0 Å². The quantitative estimate of drug-likeness (QED) is 0.912. The molecule has 2 aliphatic rings. The van der Waals surface area contributed by atoms with Crippen LogP contribution in [0.4, 0.5) is 5.95 Å². The van der Waals surface area contributed by atoms with Gasteiger partial charge >= 0.3 is 0 Å². The number of amides is 1. The molecule has 7 nitrogen and oxygen atoms in total. The zero-order valence-corrected chi connectivity index (χ0v) is 15.3. The summed E-state index contributed by atoms with van der Waals surface area (Å²) in [5.41, 5.74) is 8.61. The molecule has 0 unspecified atom stereocenters. The summed E-state index contributed by atoms with van der Waals surface area (Å²) < 4.78 is 1.76. The number of aryl methyl sites for hydroxylation is 1. The molecule has 3 heterocycles. The van der Waals surface area contributed by atoms with Crippen LogP contribution in [-0.2, 0) is 11.8 Å². The first-order chi connectivity index (χ1) is 12.6. The molecule has 1 amide bonds. The van der Waals surface area contributed by atoms with Crippen LogP contribution in [0.2, 0.25) is 0 Å². The van der Waals surface area contributed by atoms with Crippen LogP contribution in [0, 0.1) is 5.92 Å². The van der Waals surface area contributed by atoms with Crippen molar-refractivity contribution in [2.75, 3.05) is 12.3 Å². The smallest absolute Gasteiger partial charge is 0.223 e. The van der Waals surface area contributed by atoms with Gasteiger partial charge < -0.3 is 10.6 Å². The summed E-state index contributed by atoms with van der Waals surface area (Å²) in [5, 5.41) is 4.26. The maximum absolute atomic E-state index is 13.0. The monoisotopic (exact) mass is 354 g/mol. The molecule has 0 radical (unpaired) electrons. The standard InChI is InChI=1S/C19H26N6O/c1-24-12-14(10-22-24)15-11-21-19(20)23-18(15)16-7-4-8-25(16)17(26)9-13-5-2-3-6-13/h10-13,16H,2-9H2,1H3,(H2,20,21,23)/t16-/m1/s1. The van der Waals surface area contributed by atoms with Gasteiger partial charge in [-0.2, -0.15) is 5.10 Å². The highest BCUT2D eigenvalue weighted by atomic mass is 16.2. The average Bonchev–Trinajstić information content (AvgIpc) is 3.35. The molecular weight excluding hydrogens is 328 g/mol. The fraction of sp³-hybridized carbons (Fsp3) is 0.579. The Kier molecular flexibility index (Phi) is 4.61. The Balaban J connectivity index is 1.63. The first-order valence-corrected chi connectivity index (χ1v) is 9.52. The van der Waals surface area contributed by atoms with Crippen LogP contribution in [0.25, 0.3) is 11.1 Å². The van der Waals surface area contributed by atoms with E-state index in [0.29, 0.717) is 12.3 Å². The van der Waals surface area contributed by atoms with Crippen molar-refractivity contribution in [3.63, 3.8) is 0 Å². The molecule has 0 spiro atoms. The van der Waals surface area contributed by atoms with Gasteiger partial charge in [0, 0.05) is 43.5 Å². The topological polar surface area (TPSA) is 89.9 Å². The normalized spacial score (nSPS) is 20.8. The lowest BCUT2D eigenvalue weighted by Crippen LogP contribution is -2.32. The fourth-order valence-electron chi connectivity index (χ4n) is 4.37. The first-order valence-electron chi connectivity index (χ1n) is 9.52. The van der Waals surface area contributed by atoms with Crippen molar-refractivity contribution >= 4 is 11.9 Å². The number of carbonyl (C=O) groups is 1. The predicted octanol–water partition coefficient (Wildman–Crippen LogP) is 2.70. The van der Waals surface area contributed by atoms with E-state index in [0.717, 1.165) is 36.2 Å². The van der Waals surface area contributed by atoms with Crippen LogP contribution in [0.1, 0.15) is 56.7 Å². The Morgan fingerprint density at radius 3 is 2.77 bits per heavy atom. The van der Waals surface area contributed by atoms with Gasteiger partial charge in [-0.3, -0.25) is 9.48 Å². The van der Waals surface area contributed by atoms with Crippen LogP contribution >= 0.6 is 0 Å². The molecule has 138 valence electrons. The van der Waals surface area contributed by atoms with E-state index in [4.69, 9.17) is 5.73 Å². The molecule has 7 heteroatoms. The Morgan fingerprint density at radius 2 is 2.04 bits per heavy atom. The molecular formula is C19H26N6O. The number of nitrogens with zero attached hydrogens (tertiary/aromatic N) is 5. The summed E-state index contributed by atoms with van der Waals surface area (Å²) in [6.07, 6.45) is 13.0. The molecule has 1 aliphatic heterocycles. The van der Waals surface area contributed by atoms with Gasteiger partial charge in [-0.05, 0) is 31.6 Å². The van der Waals surface area contributed by atoms with E-state index in [9.17, 15) is 4.79 Å². The van der Waals surface area contributed by atoms with Crippen LogP contribution < -0.4 is 5.73 Å². The SMILES string of the molecule is Cn1cc(-c2cnc(N)nc2[C@H]2CCCN2C(=O)CC2CCCC2)cn1. The molecule has 4 rings (SSSR count). The zero-order valence-electron chi connectivity index (χ0n) is 15.3. The van der Waals surface area contributed by atoms with Gasteiger partial charge in [0.05, 0.1) is 17.9 Å². The van der Waals surface area contributed by atoms with E-state index in [-0.39, 0.29) is 17.9 Å². The second-order valence-electron chi connectivity index (χ2n) is 7.53. The maximum atomic E-state index is 13.0. The average molecular weight is 354 g/mol. The molecule has 1 saturated heterocycles. The number of aromatic nitrogens is 4. The van der Waals surface area contributed by atoms with Gasteiger partial charge in [-0.1, -0.05) is 12.8 Å². The number of hydrogen-bond donors (Lipinski definition) is 1. The molecule has 0 aromatic carbocycles. The van der Waals surface area contributed by atoms with Gasteiger partial charge in [0.2, 0.25) is 11.9 Å². The number of rotatable bonds is 4. The predicted molar refractivity (Wildman–Crippen MR) is 98.9 cm³/mol. The van der Waals surface area contributed by atoms with Crippen LogP contribution in [-0.4, -0.2) is 37.1 Å². The molecule has 0 bridgehead atoms. The molecule has 2 aromatic heterocycles. The highest BCUT2D eigenvalue weighted by Gasteiger charge is 2.34. The van der Waals surface area contributed by atoms with E-state index in [2.05, 4.69) is 15.1 Å². The highest BCUT2D eigenvalue weighted by molar-refractivity contribution is 5.78. The lowest BCUT2D eigenvalue weighted by Gasteiger charge is -2.27. The van der Waals surface area contributed by atoms with Gasteiger partial charge in [0.25, 0.3) is 0 Å². The van der Waals surface area contributed by atoms with E-state index in [1.54, 1.807) is 17.1 Å². The van der Waals surface area contributed by atoms with Crippen molar-refractivity contribution in [3.05, 3.63) is 24.3 Å². The second kappa shape index (κ2) is 7.05. The van der Waals surface area contributed by atoms with Crippen molar-refractivity contribution in [1.29, 1.82) is 0 Å². The molecule has 2 fully saturated rings. The summed E-state index contributed by atoms with van der Waals surface area (Å²) in [6, 6.07) is -0.0237. The first kappa shape index (κ1) is 17.0. The Bertz CT molecular complexity index is 795. The van der Waals surface area contributed by atoms with Crippen LogP contribution in [0.15, 0.2) is 18.6 Å². The summed E-state index contributed by atoms with van der Waals surface area (Å²) in [4.78, 5) is 23.7. The third-order valence-corrected chi connectivity index (χ3v) is 5.68. The summed E-state index contributed by atoms with van der Waals surface area (Å²) in [7, 11) is 1.88. The van der Waals surface area contributed by atoms with E-state index in [1.807, 2.05) is 18.1 Å². The Labute approximate surface area is 153 Å². The minimum Gasteiger partial charge on any atom is -0.368 e. The third-order valence-electron chi connectivity index (χ3n) is 5.68. The minimum atomic E-state index is -0.0237. The molecule has 26 heavy (non-hydrogen) atoms. The molecule has 2 aromatic rings. The number of nitrogen functional groups attached to an aromatic ring is 1. The number of anilines is 1. The fourth-order valence-corrected chi connectivity index (χ4v) is 4.37. The third kappa shape index (κ3) is 3.30. The highest BCUT2D eigenvalue weighted by Crippen LogP contribution is 2.38. The number of nitrogens with two attached hydrogens (primary N) is 1. The second-order valence-corrected chi connectivity index (χ2v) is 7.53. The number of likely N-dealkylation sites (tertiary alicyclic amines) is 1. The summed E-state index contributed by atoms with van der Waals surface area (Å²) in [6.45, 7) is 0.798. The van der Waals surface area contributed by atoms with Gasteiger partial charge in [0.1, 0.15) is 0 Å². The van der Waals surface area contributed by atoms with Crippen molar-refractivity contribution in [1.82, 2.24) is 24.6 Å². The lowest BCUT2D eigenvalue weighted by molar-refractivity contribution is -0.133. The van der Waals surface area contributed by atoms with E-state index in [1.165, 1.54) is 25.7 Å². The number of hydrogen-bond acceptors (Lipinski definition) is 5.